The van der Waals surface area contributed by atoms with Gasteiger partial charge in [-0.25, -0.2) is 4.98 Å². The number of benzene rings is 1. The SMILES string of the molecule is O=C(N[C@H]1CCO[C@@H]1c1nccn1-c1ccccc1)C1CCOCC1. The second kappa shape index (κ2) is 7.37. The Kier molecular flexibility index (Phi) is 4.81. The lowest BCUT2D eigenvalue weighted by atomic mass is 9.98. The summed E-state index contributed by atoms with van der Waals surface area (Å²) in [6.07, 6.45) is 5.89. The van der Waals surface area contributed by atoms with Gasteiger partial charge in [0.1, 0.15) is 11.9 Å². The molecule has 6 heteroatoms. The minimum Gasteiger partial charge on any atom is -0.381 e. The van der Waals surface area contributed by atoms with E-state index in [9.17, 15) is 4.79 Å². The molecule has 0 bridgehead atoms. The quantitative estimate of drug-likeness (QED) is 0.926. The first-order valence-electron chi connectivity index (χ1n) is 8.91. The van der Waals surface area contributed by atoms with Gasteiger partial charge in [0.25, 0.3) is 0 Å². The summed E-state index contributed by atoms with van der Waals surface area (Å²) in [6.45, 7) is 1.97. The van der Waals surface area contributed by atoms with Crippen LogP contribution in [0.15, 0.2) is 42.7 Å². The zero-order chi connectivity index (χ0) is 17.1. The van der Waals surface area contributed by atoms with Crippen LogP contribution in [0.2, 0.25) is 0 Å². The summed E-state index contributed by atoms with van der Waals surface area (Å²) in [5.41, 5.74) is 1.04. The number of rotatable bonds is 4. The van der Waals surface area contributed by atoms with Crippen LogP contribution in [0.4, 0.5) is 0 Å². The molecule has 0 aliphatic carbocycles. The van der Waals surface area contributed by atoms with Gasteiger partial charge in [-0.05, 0) is 31.4 Å². The largest absolute Gasteiger partial charge is 0.381 e. The summed E-state index contributed by atoms with van der Waals surface area (Å²) in [5.74, 6) is 0.992. The van der Waals surface area contributed by atoms with E-state index in [0.29, 0.717) is 19.8 Å². The Balaban J connectivity index is 1.50. The van der Waals surface area contributed by atoms with Crippen molar-refractivity contribution in [3.05, 3.63) is 48.5 Å². The lowest BCUT2D eigenvalue weighted by molar-refractivity contribution is -0.129. The minimum absolute atomic E-state index is 0.0415. The Bertz CT molecular complexity index is 710. The number of para-hydroxylation sites is 1. The van der Waals surface area contributed by atoms with Crippen molar-refractivity contribution in [2.45, 2.75) is 31.4 Å². The molecular weight excluding hydrogens is 318 g/mol. The second-order valence-electron chi connectivity index (χ2n) is 6.57. The summed E-state index contributed by atoms with van der Waals surface area (Å²) < 4.78 is 13.3. The molecule has 1 aromatic carbocycles. The summed E-state index contributed by atoms with van der Waals surface area (Å²) in [7, 11) is 0. The molecule has 2 saturated heterocycles. The third-order valence-corrected chi connectivity index (χ3v) is 4.97. The van der Waals surface area contributed by atoms with Gasteiger partial charge in [-0.1, -0.05) is 18.2 Å². The monoisotopic (exact) mass is 341 g/mol. The number of aromatic nitrogens is 2. The molecule has 2 aliphatic heterocycles. The topological polar surface area (TPSA) is 65.4 Å². The Hall–Kier alpha value is -2.18. The van der Waals surface area contributed by atoms with Crippen molar-refractivity contribution in [2.75, 3.05) is 19.8 Å². The van der Waals surface area contributed by atoms with Crippen molar-refractivity contribution in [3.8, 4) is 5.69 Å². The van der Waals surface area contributed by atoms with Crippen LogP contribution >= 0.6 is 0 Å². The molecule has 2 aromatic rings. The second-order valence-corrected chi connectivity index (χ2v) is 6.57. The number of hydrogen-bond donors (Lipinski definition) is 1. The first kappa shape index (κ1) is 16.3. The van der Waals surface area contributed by atoms with Crippen LogP contribution in [0, 0.1) is 5.92 Å². The highest BCUT2D eigenvalue weighted by Crippen LogP contribution is 2.30. The third-order valence-electron chi connectivity index (χ3n) is 4.97. The maximum Gasteiger partial charge on any atom is 0.223 e. The van der Waals surface area contributed by atoms with E-state index in [1.165, 1.54) is 0 Å². The molecule has 1 N–H and O–H groups in total. The van der Waals surface area contributed by atoms with Crippen molar-refractivity contribution < 1.29 is 14.3 Å². The molecule has 4 rings (SSSR count). The molecule has 1 aromatic heterocycles. The zero-order valence-corrected chi connectivity index (χ0v) is 14.1. The maximum atomic E-state index is 12.6. The molecule has 0 saturated carbocycles. The lowest BCUT2D eigenvalue weighted by Crippen LogP contribution is -2.42. The standard InChI is InChI=1S/C19H23N3O3/c23-19(14-6-11-24-12-7-14)21-16-8-13-25-17(16)18-20-9-10-22(18)15-4-2-1-3-5-15/h1-5,9-10,14,16-17H,6-8,11-13H2,(H,21,23)/t16-,17-/m0/s1. The lowest BCUT2D eigenvalue weighted by Gasteiger charge is -2.25. The van der Waals surface area contributed by atoms with Gasteiger partial charge in [0.05, 0.1) is 6.04 Å². The normalized spacial score (nSPS) is 24.3. The molecule has 0 radical (unpaired) electrons. The van der Waals surface area contributed by atoms with Gasteiger partial charge in [0, 0.05) is 43.8 Å². The molecule has 25 heavy (non-hydrogen) atoms. The number of ether oxygens (including phenoxy) is 2. The van der Waals surface area contributed by atoms with Gasteiger partial charge < -0.3 is 19.4 Å². The van der Waals surface area contributed by atoms with E-state index in [4.69, 9.17) is 9.47 Å². The van der Waals surface area contributed by atoms with Crippen LogP contribution in [0.3, 0.4) is 0 Å². The Labute approximate surface area is 147 Å². The third kappa shape index (κ3) is 3.45. The molecule has 2 fully saturated rings. The van der Waals surface area contributed by atoms with Crippen molar-refractivity contribution in [2.24, 2.45) is 5.92 Å². The number of imidazole rings is 1. The summed E-state index contributed by atoms with van der Waals surface area (Å²) in [6, 6.07) is 10.0. The van der Waals surface area contributed by atoms with E-state index in [-0.39, 0.29) is 24.0 Å². The molecule has 0 unspecified atom stereocenters. The molecule has 132 valence electrons. The van der Waals surface area contributed by atoms with Gasteiger partial charge in [-0.3, -0.25) is 4.79 Å². The van der Waals surface area contributed by atoms with Gasteiger partial charge in [0.2, 0.25) is 5.91 Å². The highest BCUT2D eigenvalue weighted by molar-refractivity contribution is 5.79. The number of carbonyl (C=O) groups is 1. The highest BCUT2D eigenvalue weighted by atomic mass is 16.5. The van der Waals surface area contributed by atoms with Crippen molar-refractivity contribution in [1.82, 2.24) is 14.9 Å². The fourth-order valence-electron chi connectivity index (χ4n) is 3.58. The molecule has 3 heterocycles. The molecule has 6 nitrogen and oxygen atoms in total. The first-order valence-corrected chi connectivity index (χ1v) is 8.91. The predicted octanol–water partition coefficient (Wildman–Crippen LogP) is 2.25. The number of nitrogens with one attached hydrogen (secondary N) is 1. The van der Waals surface area contributed by atoms with E-state index in [2.05, 4.69) is 10.3 Å². The maximum absolute atomic E-state index is 12.6. The average Bonchev–Trinajstić information content (AvgIpc) is 3.32. The van der Waals surface area contributed by atoms with E-state index >= 15 is 0 Å². The van der Waals surface area contributed by atoms with Crippen molar-refractivity contribution in [1.29, 1.82) is 0 Å². The summed E-state index contributed by atoms with van der Waals surface area (Å²) in [5, 5.41) is 3.19. The van der Waals surface area contributed by atoms with Crippen LogP contribution in [-0.4, -0.2) is 41.3 Å². The number of amides is 1. The molecule has 2 aliphatic rings. The van der Waals surface area contributed by atoms with Crippen LogP contribution in [0.25, 0.3) is 5.69 Å². The molecule has 2 atom stereocenters. The Morgan fingerprint density at radius 1 is 1.12 bits per heavy atom. The summed E-state index contributed by atoms with van der Waals surface area (Å²) >= 11 is 0. The first-order chi connectivity index (χ1) is 12.3. The fourth-order valence-corrected chi connectivity index (χ4v) is 3.58. The van der Waals surface area contributed by atoms with E-state index in [0.717, 1.165) is 30.8 Å². The number of carbonyl (C=O) groups excluding carboxylic acids is 1. The Morgan fingerprint density at radius 2 is 1.92 bits per heavy atom. The average molecular weight is 341 g/mol. The predicted molar refractivity (Wildman–Crippen MR) is 92.3 cm³/mol. The van der Waals surface area contributed by atoms with Crippen LogP contribution in [-0.2, 0) is 14.3 Å². The molecular formula is C19H23N3O3. The number of hydrogen-bond acceptors (Lipinski definition) is 4. The van der Waals surface area contributed by atoms with Crippen molar-refractivity contribution >= 4 is 5.91 Å². The van der Waals surface area contributed by atoms with Crippen LogP contribution < -0.4 is 5.32 Å². The zero-order valence-electron chi connectivity index (χ0n) is 14.1. The minimum atomic E-state index is -0.223. The van der Waals surface area contributed by atoms with E-state index < -0.39 is 0 Å². The smallest absolute Gasteiger partial charge is 0.223 e. The van der Waals surface area contributed by atoms with Gasteiger partial charge in [-0.15, -0.1) is 0 Å². The molecule has 0 spiro atoms. The van der Waals surface area contributed by atoms with Crippen LogP contribution in [0.1, 0.15) is 31.2 Å². The Morgan fingerprint density at radius 3 is 2.72 bits per heavy atom. The molecule has 1 amide bonds. The fraction of sp³-hybridized carbons (Fsp3) is 0.474. The number of nitrogens with zero attached hydrogens (tertiary/aromatic N) is 2. The van der Waals surface area contributed by atoms with Gasteiger partial charge in [0.15, 0.2) is 0 Å². The van der Waals surface area contributed by atoms with Gasteiger partial charge >= 0.3 is 0 Å². The van der Waals surface area contributed by atoms with E-state index in [1.807, 2.05) is 41.1 Å². The van der Waals surface area contributed by atoms with Crippen LogP contribution in [0.5, 0.6) is 0 Å². The highest BCUT2D eigenvalue weighted by Gasteiger charge is 2.35. The van der Waals surface area contributed by atoms with Crippen molar-refractivity contribution in [3.63, 3.8) is 0 Å². The van der Waals surface area contributed by atoms with Gasteiger partial charge in [-0.2, -0.15) is 0 Å². The van der Waals surface area contributed by atoms with E-state index in [1.54, 1.807) is 6.20 Å². The summed E-state index contributed by atoms with van der Waals surface area (Å²) in [4.78, 5) is 17.1.